The van der Waals surface area contributed by atoms with E-state index in [9.17, 15) is 0 Å². The predicted octanol–water partition coefficient (Wildman–Crippen LogP) is -0.711. The Labute approximate surface area is 55.4 Å². The third kappa shape index (κ3) is 12.6. The van der Waals surface area contributed by atoms with Gasteiger partial charge in [-0.15, -0.1) is 0 Å². The van der Waals surface area contributed by atoms with Crippen molar-refractivity contribution >= 4 is 44.0 Å². The summed E-state index contributed by atoms with van der Waals surface area (Å²) in [7, 11) is 0. The molecule has 0 aliphatic rings. The Morgan fingerprint density at radius 2 is 1.75 bits per heavy atom. The van der Waals surface area contributed by atoms with Crippen LogP contribution in [0.2, 0.25) is 0 Å². The molecule has 0 fully saturated rings. The fourth-order valence-electron chi connectivity index (χ4n) is 0. The molecule has 22 valence electrons. The van der Waals surface area contributed by atoms with Crippen molar-refractivity contribution in [2.45, 2.75) is 6.92 Å². The number of hydrogen-bond donors (Lipinski definition) is 0. The Morgan fingerprint density at radius 3 is 1.75 bits per heavy atom. The van der Waals surface area contributed by atoms with Gasteiger partial charge in [0.2, 0.25) is 0 Å². The van der Waals surface area contributed by atoms with Gasteiger partial charge < -0.3 is 4.79 Å². The molecule has 0 unspecified atom stereocenters. The van der Waals surface area contributed by atoms with Crippen LogP contribution < -0.4 is 0 Å². The molecule has 0 aliphatic carbocycles. The summed E-state index contributed by atoms with van der Waals surface area (Å²) in [5.74, 6) is 0. The monoisotopic (exact) mass is 86.0 g/mol. The Balaban J connectivity index is 0. The van der Waals surface area contributed by atoms with Gasteiger partial charge in [-0.3, -0.25) is 0 Å². The first kappa shape index (κ1) is 8.87. The molecule has 0 heterocycles. The zero-order valence-electron chi connectivity index (χ0n) is 1.99. The predicted molar refractivity (Wildman–Crippen MR) is 20.3 cm³/mol. The summed E-state index contributed by atoms with van der Waals surface area (Å²) in [6, 6.07) is 0. The normalized spacial score (nSPS) is 3.25. The summed E-state index contributed by atoms with van der Waals surface area (Å²) in [5.41, 5.74) is 0. The molecule has 0 aromatic carbocycles. The molecule has 0 atom stereocenters. The molecule has 0 amide bonds. The van der Waals surface area contributed by atoms with E-state index in [0.29, 0.717) is 0 Å². The van der Waals surface area contributed by atoms with Crippen molar-refractivity contribution in [1.29, 1.82) is 0 Å². The maximum absolute atomic E-state index is 8.81. The molecule has 0 aromatic rings. The van der Waals surface area contributed by atoms with Gasteiger partial charge in [0.1, 0.15) is 6.29 Å². The van der Waals surface area contributed by atoms with Crippen LogP contribution in [0, 0.1) is 0 Å². The van der Waals surface area contributed by atoms with Gasteiger partial charge in [-0.2, -0.15) is 0 Å². The summed E-state index contributed by atoms with van der Waals surface area (Å²) in [5, 5.41) is 0. The van der Waals surface area contributed by atoms with Gasteiger partial charge in [0.05, 0.1) is 0 Å². The van der Waals surface area contributed by atoms with E-state index in [0.717, 1.165) is 6.29 Å². The average Bonchev–Trinajstić information content (AvgIpc) is 0.918. The van der Waals surface area contributed by atoms with Gasteiger partial charge in [0, 0.05) is 0 Å². The van der Waals surface area contributed by atoms with Crippen LogP contribution in [0.25, 0.3) is 0 Å². The van der Waals surface area contributed by atoms with Gasteiger partial charge in [0.25, 0.3) is 0 Å². The van der Waals surface area contributed by atoms with Crippen LogP contribution in [-0.4, -0.2) is 44.0 Å². The zero-order valence-corrected chi connectivity index (χ0v) is 1.99. The zero-order chi connectivity index (χ0) is 2.71. The Bertz CT molecular complexity index is 13.5. The number of carbonyl (C=O) groups is 1. The van der Waals surface area contributed by atoms with Crippen LogP contribution >= 0.6 is 0 Å². The van der Waals surface area contributed by atoms with Gasteiger partial charge >= 0.3 is 37.7 Å². The van der Waals surface area contributed by atoms with E-state index in [-0.39, 0.29) is 37.7 Å². The quantitative estimate of drug-likeness (QED) is 0.281. The first-order chi connectivity index (χ1) is 1.41. The fourth-order valence-corrected chi connectivity index (χ4v) is 0. The third-order valence-corrected chi connectivity index (χ3v) is 0. The van der Waals surface area contributed by atoms with Crippen molar-refractivity contribution in [3.05, 3.63) is 0 Å². The third-order valence-electron chi connectivity index (χ3n) is 0. The standard InChI is InChI=1S/C2H4O.Ca.2H/c1-2-3;;;/h2H,1H3;;;. The topological polar surface area (TPSA) is 17.1 Å². The molecule has 0 aromatic heterocycles. The molecule has 0 saturated heterocycles. The van der Waals surface area contributed by atoms with Crippen LogP contribution in [-0.2, 0) is 4.79 Å². The van der Waals surface area contributed by atoms with E-state index in [2.05, 4.69) is 0 Å². The Hall–Kier alpha value is 0.930. The van der Waals surface area contributed by atoms with Crippen molar-refractivity contribution in [2.75, 3.05) is 0 Å². The molecule has 1 nitrogen and oxygen atoms in total. The summed E-state index contributed by atoms with van der Waals surface area (Å²) in [4.78, 5) is 8.81. The second kappa shape index (κ2) is 9.06. The summed E-state index contributed by atoms with van der Waals surface area (Å²) < 4.78 is 0. The van der Waals surface area contributed by atoms with Gasteiger partial charge in [-0.05, 0) is 6.92 Å². The van der Waals surface area contributed by atoms with Gasteiger partial charge in [0.15, 0.2) is 0 Å². The maximum atomic E-state index is 8.81. The van der Waals surface area contributed by atoms with Crippen molar-refractivity contribution in [2.24, 2.45) is 0 Å². The number of carbonyl (C=O) groups excluding carboxylic acids is 1. The van der Waals surface area contributed by atoms with Crippen molar-refractivity contribution in [3.8, 4) is 0 Å². The SMILES string of the molecule is CC=O.[CaH2]. The van der Waals surface area contributed by atoms with E-state index >= 15 is 0 Å². The number of aldehydes is 1. The molecule has 0 rings (SSSR count). The summed E-state index contributed by atoms with van der Waals surface area (Å²) in [6.07, 6.45) is 0.750. The van der Waals surface area contributed by atoms with Crippen LogP contribution in [0.15, 0.2) is 0 Å². The molecule has 0 spiro atoms. The molecular weight excluding hydrogens is 80.1 g/mol. The molecule has 0 radical (unpaired) electrons. The number of hydrogen-bond acceptors (Lipinski definition) is 1. The Morgan fingerprint density at radius 1 is 1.75 bits per heavy atom. The molecule has 0 saturated carbocycles. The van der Waals surface area contributed by atoms with Crippen molar-refractivity contribution in [3.63, 3.8) is 0 Å². The van der Waals surface area contributed by atoms with Crippen molar-refractivity contribution < 1.29 is 4.79 Å². The minimum atomic E-state index is 0. The van der Waals surface area contributed by atoms with Crippen LogP contribution in [0.1, 0.15) is 6.92 Å². The van der Waals surface area contributed by atoms with E-state index in [4.69, 9.17) is 4.79 Å². The van der Waals surface area contributed by atoms with Crippen LogP contribution in [0.5, 0.6) is 0 Å². The molecule has 4 heavy (non-hydrogen) atoms. The van der Waals surface area contributed by atoms with Crippen LogP contribution in [0.4, 0.5) is 0 Å². The van der Waals surface area contributed by atoms with Crippen LogP contribution in [0.3, 0.4) is 0 Å². The first-order valence-corrected chi connectivity index (χ1v) is 0.813. The van der Waals surface area contributed by atoms with Crippen molar-refractivity contribution in [1.82, 2.24) is 0 Å². The second-order valence-corrected chi connectivity index (χ2v) is 0.236. The second-order valence-electron chi connectivity index (χ2n) is 0.236. The summed E-state index contributed by atoms with van der Waals surface area (Å²) >= 11 is 0. The number of rotatable bonds is 0. The molecule has 2 heteroatoms. The average molecular weight is 86.1 g/mol. The fraction of sp³-hybridized carbons (Fsp3) is 0.500. The molecule has 0 aliphatic heterocycles. The molecular formula is C2H6CaO. The van der Waals surface area contributed by atoms with Gasteiger partial charge in [-0.25, -0.2) is 0 Å². The van der Waals surface area contributed by atoms with E-state index in [1.54, 1.807) is 0 Å². The van der Waals surface area contributed by atoms with Gasteiger partial charge in [-0.1, -0.05) is 0 Å². The molecule has 0 N–H and O–H groups in total. The molecule has 0 bridgehead atoms. The van der Waals surface area contributed by atoms with E-state index in [1.165, 1.54) is 6.92 Å². The first-order valence-electron chi connectivity index (χ1n) is 0.813. The minimum absolute atomic E-state index is 0. The Kier molecular flexibility index (Phi) is 20.1. The van der Waals surface area contributed by atoms with E-state index in [1.807, 2.05) is 0 Å². The summed E-state index contributed by atoms with van der Waals surface area (Å²) in [6.45, 7) is 1.44. The van der Waals surface area contributed by atoms with E-state index < -0.39 is 0 Å².